The third-order valence-corrected chi connectivity index (χ3v) is 2.07. The second-order valence-electron chi connectivity index (χ2n) is 3.36. The zero-order valence-corrected chi connectivity index (χ0v) is 9.38. The zero-order valence-electron chi connectivity index (χ0n) is 9.38. The molecule has 0 atom stereocenters. The maximum Gasteiger partial charge on any atom is 0.239 e. The molecule has 0 bridgehead atoms. The van der Waals surface area contributed by atoms with Gasteiger partial charge in [-0.2, -0.15) is 4.98 Å². The molecule has 7 heteroatoms. The number of hydrogen-bond donors (Lipinski definition) is 3. The molecule has 0 amide bonds. The lowest BCUT2D eigenvalue weighted by Crippen LogP contribution is -2.12. The monoisotopic (exact) mass is 231 g/mol. The molecule has 0 saturated carbocycles. The Morgan fingerprint density at radius 1 is 1.18 bits per heavy atom. The number of rotatable bonds is 4. The van der Waals surface area contributed by atoms with Crippen molar-refractivity contribution in [3.05, 3.63) is 36.0 Å². The molecule has 0 aromatic carbocycles. The summed E-state index contributed by atoms with van der Waals surface area (Å²) in [6, 6.07) is 3.61. The van der Waals surface area contributed by atoms with Gasteiger partial charge in [0.05, 0.1) is 12.2 Å². The van der Waals surface area contributed by atoms with E-state index >= 15 is 0 Å². The Kier molecular flexibility index (Phi) is 3.41. The van der Waals surface area contributed by atoms with E-state index < -0.39 is 0 Å². The summed E-state index contributed by atoms with van der Waals surface area (Å²) in [5, 5.41) is 3.13. The Bertz CT molecular complexity index is 500. The van der Waals surface area contributed by atoms with Crippen molar-refractivity contribution in [1.82, 2.24) is 19.9 Å². The van der Waals surface area contributed by atoms with Crippen LogP contribution in [0.4, 0.5) is 11.8 Å². The average Bonchev–Trinajstić information content (AvgIpc) is 2.37. The summed E-state index contributed by atoms with van der Waals surface area (Å²) < 4.78 is 0. The normalized spacial score (nSPS) is 10.0. The van der Waals surface area contributed by atoms with Crippen LogP contribution >= 0.6 is 0 Å². The Hall–Kier alpha value is -2.28. The molecule has 0 aliphatic heterocycles. The van der Waals surface area contributed by atoms with Crippen LogP contribution in [-0.2, 0) is 6.54 Å². The number of aryl methyl sites for hydroxylation is 1. The molecular formula is C10H13N7. The lowest BCUT2D eigenvalue weighted by Gasteiger charge is -2.06. The molecule has 17 heavy (non-hydrogen) atoms. The molecule has 2 aromatic rings. The van der Waals surface area contributed by atoms with Crippen LogP contribution in [0.2, 0.25) is 0 Å². The molecule has 0 radical (unpaired) electrons. The summed E-state index contributed by atoms with van der Waals surface area (Å²) in [4.78, 5) is 16.3. The molecule has 88 valence electrons. The number of aromatic nitrogens is 4. The molecule has 0 fully saturated rings. The van der Waals surface area contributed by atoms with Crippen molar-refractivity contribution in [3.63, 3.8) is 0 Å². The van der Waals surface area contributed by atoms with Gasteiger partial charge in [-0.05, 0) is 19.1 Å². The van der Waals surface area contributed by atoms with Crippen LogP contribution in [0, 0.1) is 6.92 Å². The molecular weight excluding hydrogens is 218 g/mol. The summed E-state index contributed by atoms with van der Waals surface area (Å²) in [5.41, 5.74) is 3.29. The molecule has 0 spiro atoms. The van der Waals surface area contributed by atoms with E-state index in [1.54, 1.807) is 18.5 Å². The summed E-state index contributed by atoms with van der Waals surface area (Å²) in [5.74, 6) is 7.02. The van der Waals surface area contributed by atoms with E-state index in [1.165, 1.54) is 0 Å². The molecule has 0 saturated heterocycles. The molecule has 2 aromatic heterocycles. The predicted octanol–water partition coefficient (Wildman–Crippen LogP) is 0.473. The number of nitrogens with zero attached hydrogens (tertiary/aromatic N) is 4. The highest BCUT2D eigenvalue weighted by Crippen LogP contribution is 2.06. The number of anilines is 2. The van der Waals surface area contributed by atoms with Crippen molar-refractivity contribution in [2.24, 2.45) is 5.84 Å². The van der Waals surface area contributed by atoms with Crippen LogP contribution in [0.5, 0.6) is 0 Å². The minimum Gasteiger partial charge on any atom is -0.364 e. The van der Waals surface area contributed by atoms with Gasteiger partial charge >= 0.3 is 0 Å². The third kappa shape index (κ3) is 3.08. The number of nitrogen functional groups attached to an aromatic ring is 1. The lowest BCUT2D eigenvalue weighted by molar-refractivity contribution is 0.947. The molecule has 2 rings (SSSR count). The number of nitrogens with one attached hydrogen (secondary N) is 2. The minimum absolute atomic E-state index is 0.369. The fourth-order valence-corrected chi connectivity index (χ4v) is 1.31. The van der Waals surface area contributed by atoms with Crippen LogP contribution in [0.25, 0.3) is 0 Å². The fraction of sp³-hybridized carbons (Fsp3) is 0.200. The zero-order chi connectivity index (χ0) is 12.1. The smallest absolute Gasteiger partial charge is 0.239 e. The van der Waals surface area contributed by atoms with E-state index in [0.29, 0.717) is 18.3 Å². The van der Waals surface area contributed by atoms with Gasteiger partial charge in [-0.25, -0.2) is 20.8 Å². The van der Waals surface area contributed by atoms with Gasteiger partial charge in [-0.15, -0.1) is 0 Å². The Morgan fingerprint density at radius 2 is 2.00 bits per heavy atom. The van der Waals surface area contributed by atoms with Crippen molar-refractivity contribution in [2.45, 2.75) is 13.5 Å². The molecule has 0 aliphatic carbocycles. The van der Waals surface area contributed by atoms with Gasteiger partial charge in [0.2, 0.25) is 5.95 Å². The van der Waals surface area contributed by atoms with Gasteiger partial charge < -0.3 is 5.32 Å². The standard InChI is InChI=1S/C10H13N7/c1-7-12-4-2-8(15-7)6-14-9-3-5-13-10(16-9)17-11/h2-5H,6,11H2,1H3,(H2,13,14,16,17). The van der Waals surface area contributed by atoms with E-state index in [-0.39, 0.29) is 0 Å². The second kappa shape index (κ2) is 5.17. The van der Waals surface area contributed by atoms with Gasteiger partial charge in [0.15, 0.2) is 0 Å². The van der Waals surface area contributed by atoms with Gasteiger partial charge in [0, 0.05) is 12.4 Å². The first-order valence-corrected chi connectivity index (χ1v) is 5.10. The molecule has 2 heterocycles. The first-order chi connectivity index (χ1) is 8.28. The second-order valence-corrected chi connectivity index (χ2v) is 3.36. The molecule has 4 N–H and O–H groups in total. The maximum absolute atomic E-state index is 5.22. The third-order valence-electron chi connectivity index (χ3n) is 2.07. The first-order valence-electron chi connectivity index (χ1n) is 5.10. The van der Waals surface area contributed by atoms with Gasteiger partial charge in [-0.1, -0.05) is 0 Å². The highest BCUT2D eigenvalue weighted by atomic mass is 15.3. The Morgan fingerprint density at radius 3 is 2.76 bits per heavy atom. The van der Waals surface area contributed by atoms with E-state index in [4.69, 9.17) is 5.84 Å². The molecule has 0 aliphatic rings. The van der Waals surface area contributed by atoms with Crippen LogP contribution in [0.15, 0.2) is 24.5 Å². The summed E-state index contributed by atoms with van der Waals surface area (Å²) in [7, 11) is 0. The quantitative estimate of drug-likeness (QED) is 0.519. The lowest BCUT2D eigenvalue weighted by atomic mass is 10.4. The fourth-order valence-electron chi connectivity index (χ4n) is 1.31. The Balaban J connectivity index is 2.02. The Labute approximate surface area is 98.5 Å². The van der Waals surface area contributed by atoms with Crippen molar-refractivity contribution in [1.29, 1.82) is 0 Å². The molecule has 7 nitrogen and oxygen atoms in total. The summed E-state index contributed by atoms with van der Waals surface area (Å²) in [6.07, 6.45) is 3.35. The minimum atomic E-state index is 0.369. The maximum atomic E-state index is 5.22. The topological polar surface area (TPSA) is 102 Å². The van der Waals surface area contributed by atoms with Crippen LogP contribution in [0.1, 0.15) is 11.5 Å². The van der Waals surface area contributed by atoms with Gasteiger partial charge in [0.1, 0.15) is 11.6 Å². The van der Waals surface area contributed by atoms with E-state index in [9.17, 15) is 0 Å². The van der Waals surface area contributed by atoms with Crippen molar-refractivity contribution >= 4 is 11.8 Å². The van der Waals surface area contributed by atoms with Gasteiger partial charge in [0.25, 0.3) is 0 Å². The average molecular weight is 231 g/mol. The van der Waals surface area contributed by atoms with Crippen LogP contribution < -0.4 is 16.6 Å². The van der Waals surface area contributed by atoms with Crippen molar-refractivity contribution in [2.75, 3.05) is 10.7 Å². The van der Waals surface area contributed by atoms with Crippen LogP contribution in [0.3, 0.4) is 0 Å². The highest BCUT2D eigenvalue weighted by Gasteiger charge is 1.99. The number of hydrazine groups is 1. The molecule has 0 unspecified atom stereocenters. The van der Waals surface area contributed by atoms with Crippen molar-refractivity contribution in [3.8, 4) is 0 Å². The van der Waals surface area contributed by atoms with E-state index in [1.807, 2.05) is 13.0 Å². The van der Waals surface area contributed by atoms with Crippen LogP contribution in [-0.4, -0.2) is 19.9 Å². The van der Waals surface area contributed by atoms with E-state index in [2.05, 4.69) is 30.7 Å². The predicted molar refractivity (Wildman–Crippen MR) is 63.9 cm³/mol. The summed E-state index contributed by atoms with van der Waals surface area (Å²) in [6.45, 7) is 2.43. The van der Waals surface area contributed by atoms with E-state index in [0.717, 1.165) is 11.5 Å². The highest BCUT2D eigenvalue weighted by molar-refractivity contribution is 5.39. The van der Waals surface area contributed by atoms with Gasteiger partial charge in [-0.3, -0.25) is 5.43 Å². The number of nitrogens with two attached hydrogens (primary N) is 1. The SMILES string of the molecule is Cc1nccc(CNc2ccnc(NN)n2)n1. The van der Waals surface area contributed by atoms with Crippen molar-refractivity contribution < 1.29 is 0 Å². The first kappa shape index (κ1) is 11.2. The largest absolute Gasteiger partial charge is 0.364 e. The number of hydrogen-bond acceptors (Lipinski definition) is 7. The summed E-state index contributed by atoms with van der Waals surface area (Å²) >= 11 is 0.